The second-order valence-electron chi connectivity index (χ2n) is 3.48. The summed E-state index contributed by atoms with van der Waals surface area (Å²) >= 11 is 0. The van der Waals surface area contributed by atoms with Crippen LogP contribution in [0.5, 0.6) is 0 Å². The van der Waals surface area contributed by atoms with E-state index in [0.29, 0.717) is 5.56 Å². The van der Waals surface area contributed by atoms with E-state index < -0.39 is 5.91 Å². The van der Waals surface area contributed by atoms with E-state index in [1.54, 1.807) is 19.1 Å². The zero-order chi connectivity index (χ0) is 12.1. The standard InChI is InChI=1S/C10H14N4O2/c1-6(5-8(11)15)14-10(16)7-3-2-4-13-9(7)12/h2-4,6H,5H2,1H3,(H2,11,15)(H2,12,13)(H,14,16). The third kappa shape index (κ3) is 3.23. The van der Waals surface area contributed by atoms with Crippen LogP contribution in [0.15, 0.2) is 18.3 Å². The van der Waals surface area contributed by atoms with E-state index in [9.17, 15) is 9.59 Å². The second kappa shape index (κ2) is 5.11. The number of carbonyl (C=O) groups is 2. The predicted molar refractivity (Wildman–Crippen MR) is 59.4 cm³/mol. The zero-order valence-electron chi connectivity index (χ0n) is 8.93. The van der Waals surface area contributed by atoms with Gasteiger partial charge in [0.1, 0.15) is 5.82 Å². The molecule has 1 aromatic rings. The number of nitrogens with two attached hydrogens (primary N) is 2. The molecule has 0 radical (unpaired) electrons. The molecule has 0 spiro atoms. The molecule has 1 rings (SSSR count). The molecule has 0 bridgehead atoms. The van der Waals surface area contributed by atoms with Crippen LogP contribution < -0.4 is 16.8 Å². The molecular weight excluding hydrogens is 208 g/mol. The molecule has 0 aliphatic rings. The van der Waals surface area contributed by atoms with E-state index in [4.69, 9.17) is 11.5 Å². The molecule has 1 aromatic heterocycles. The van der Waals surface area contributed by atoms with Gasteiger partial charge >= 0.3 is 0 Å². The maximum Gasteiger partial charge on any atom is 0.255 e. The van der Waals surface area contributed by atoms with Crippen molar-refractivity contribution in [3.8, 4) is 0 Å². The monoisotopic (exact) mass is 222 g/mol. The van der Waals surface area contributed by atoms with Gasteiger partial charge in [0.15, 0.2) is 0 Å². The number of hydrogen-bond acceptors (Lipinski definition) is 4. The van der Waals surface area contributed by atoms with Crippen molar-refractivity contribution >= 4 is 17.6 Å². The van der Waals surface area contributed by atoms with E-state index in [1.165, 1.54) is 6.20 Å². The lowest BCUT2D eigenvalue weighted by molar-refractivity contribution is -0.118. The van der Waals surface area contributed by atoms with Crippen molar-refractivity contribution in [2.24, 2.45) is 5.73 Å². The molecule has 1 unspecified atom stereocenters. The SMILES string of the molecule is CC(CC(N)=O)NC(=O)c1cccnc1N. The fourth-order valence-electron chi connectivity index (χ4n) is 1.26. The molecule has 2 amide bonds. The molecule has 0 fully saturated rings. The number of nitrogens with one attached hydrogen (secondary N) is 1. The largest absolute Gasteiger partial charge is 0.383 e. The first-order chi connectivity index (χ1) is 7.50. The van der Waals surface area contributed by atoms with E-state index >= 15 is 0 Å². The Morgan fingerprint density at radius 1 is 1.56 bits per heavy atom. The van der Waals surface area contributed by atoms with Gasteiger partial charge in [0, 0.05) is 18.7 Å². The van der Waals surface area contributed by atoms with Crippen LogP contribution in [0, 0.1) is 0 Å². The van der Waals surface area contributed by atoms with Gasteiger partial charge in [-0.3, -0.25) is 9.59 Å². The van der Waals surface area contributed by atoms with Crippen LogP contribution in [0.2, 0.25) is 0 Å². The van der Waals surface area contributed by atoms with Crippen LogP contribution in [0.3, 0.4) is 0 Å². The van der Waals surface area contributed by atoms with Crippen LogP contribution >= 0.6 is 0 Å². The predicted octanol–water partition coefficient (Wildman–Crippen LogP) is -0.343. The number of anilines is 1. The Labute approximate surface area is 93.0 Å². The molecule has 0 saturated carbocycles. The van der Waals surface area contributed by atoms with Gasteiger partial charge in [0.25, 0.3) is 5.91 Å². The number of primary amides is 1. The Balaban J connectivity index is 2.66. The molecule has 0 saturated heterocycles. The first-order valence-electron chi connectivity index (χ1n) is 4.80. The van der Waals surface area contributed by atoms with Gasteiger partial charge in [-0.05, 0) is 19.1 Å². The summed E-state index contributed by atoms with van der Waals surface area (Å²) in [7, 11) is 0. The number of pyridine rings is 1. The van der Waals surface area contributed by atoms with Gasteiger partial charge in [0.2, 0.25) is 5.91 Å². The topological polar surface area (TPSA) is 111 Å². The quantitative estimate of drug-likeness (QED) is 0.646. The van der Waals surface area contributed by atoms with Crippen molar-refractivity contribution < 1.29 is 9.59 Å². The summed E-state index contributed by atoms with van der Waals surface area (Å²) in [5.74, 6) is -0.669. The number of aromatic nitrogens is 1. The Kier molecular flexibility index (Phi) is 3.82. The number of hydrogen-bond donors (Lipinski definition) is 3. The highest BCUT2D eigenvalue weighted by Gasteiger charge is 2.13. The summed E-state index contributed by atoms with van der Waals surface area (Å²) in [6, 6.07) is 2.85. The molecule has 16 heavy (non-hydrogen) atoms. The Morgan fingerprint density at radius 3 is 2.81 bits per heavy atom. The lowest BCUT2D eigenvalue weighted by atomic mass is 10.2. The third-order valence-electron chi connectivity index (χ3n) is 1.97. The summed E-state index contributed by atoms with van der Waals surface area (Å²) in [5, 5.41) is 2.61. The lowest BCUT2D eigenvalue weighted by Gasteiger charge is -2.12. The van der Waals surface area contributed by atoms with Crippen molar-refractivity contribution in [3.05, 3.63) is 23.9 Å². The molecular formula is C10H14N4O2. The molecule has 1 heterocycles. The van der Waals surface area contributed by atoms with Crippen LogP contribution in [-0.4, -0.2) is 22.8 Å². The second-order valence-corrected chi connectivity index (χ2v) is 3.48. The molecule has 86 valence electrons. The van der Waals surface area contributed by atoms with Crippen molar-refractivity contribution in [2.75, 3.05) is 5.73 Å². The average Bonchev–Trinajstić information content (AvgIpc) is 2.16. The first-order valence-corrected chi connectivity index (χ1v) is 4.80. The van der Waals surface area contributed by atoms with E-state index in [1.807, 2.05) is 0 Å². The van der Waals surface area contributed by atoms with Gasteiger partial charge in [-0.25, -0.2) is 4.98 Å². The summed E-state index contributed by atoms with van der Waals surface area (Å²) in [6.45, 7) is 1.69. The Hall–Kier alpha value is -2.11. The Bertz CT molecular complexity index is 406. The van der Waals surface area contributed by atoms with Gasteiger partial charge in [-0.1, -0.05) is 0 Å². The molecule has 5 N–H and O–H groups in total. The van der Waals surface area contributed by atoms with E-state index in [2.05, 4.69) is 10.3 Å². The normalized spacial score (nSPS) is 11.8. The summed E-state index contributed by atoms with van der Waals surface area (Å²) in [5.41, 5.74) is 10.8. The van der Waals surface area contributed by atoms with E-state index in [-0.39, 0.29) is 24.2 Å². The first kappa shape index (κ1) is 12.0. The fraction of sp³-hybridized carbons (Fsp3) is 0.300. The van der Waals surface area contributed by atoms with Crippen LogP contribution in [0.25, 0.3) is 0 Å². The lowest BCUT2D eigenvalue weighted by Crippen LogP contribution is -2.36. The highest BCUT2D eigenvalue weighted by molar-refractivity contribution is 5.98. The minimum absolute atomic E-state index is 0.0892. The number of carbonyl (C=O) groups excluding carboxylic acids is 2. The van der Waals surface area contributed by atoms with Crippen LogP contribution in [0.4, 0.5) is 5.82 Å². The van der Waals surface area contributed by atoms with Gasteiger partial charge in [-0.2, -0.15) is 0 Å². The zero-order valence-corrected chi connectivity index (χ0v) is 8.93. The highest BCUT2D eigenvalue weighted by Crippen LogP contribution is 2.06. The molecule has 6 nitrogen and oxygen atoms in total. The minimum atomic E-state index is -0.466. The third-order valence-corrected chi connectivity index (χ3v) is 1.97. The fourth-order valence-corrected chi connectivity index (χ4v) is 1.26. The van der Waals surface area contributed by atoms with Crippen molar-refractivity contribution in [3.63, 3.8) is 0 Å². The molecule has 1 atom stereocenters. The highest BCUT2D eigenvalue weighted by atomic mass is 16.2. The summed E-state index contributed by atoms with van der Waals surface area (Å²) < 4.78 is 0. The van der Waals surface area contributed by atoms with Crippen molar-refractivity contribution in [1.82, 2.24) is 10.3 Å². The molecule has 0 aliphatic carbocycles. The smallest absolute Gasteiger partial charge is 0.255 e. The van der Waals surface area contributed by atoms with Crippen LogP contribution in [0.1, 0.15) is 23.7 Å². The van der Waals surface area contributed by atoms with Gasteiger partial charge in [-0.15, -0.1) is 0 Å². The maximum absolute atomic E-state index is 11.7. The number of rotatable bonds is 4. The summed E-state index contributed by atoms with van der Waals surface area (Å²) in [4.78, 5) is 26.1. The number of amides is 2. The summed E-state index contributed by atoms with van der Waals surface area (Å²) in [6.07, 6.45) is 1.59. The molecule has 6 heteroatoms. The van der Waals surface area contributed by atoms with Crippen LogP contribution in [-0.2, 0) is 4.79 Å². The number of nitrogens with zero attached hydrogens (tertiary/aromatic N) is 1. The average molecular weight is 222 g/mol. The van der Waals surface area contributed by atoms with E-state index in [0.717, 1.165) is 0 Å². The van der Waals surface area contributed by atoms with Crippen molar-refractivity contribution in [1.29, 1.82) is 0 Å². The van der Waals surface area contributed by atoms with Gasteiger partial charge in [0.05, 0.1) is 5.56 Å². The molecule has 0 aromatic carbocycles. The van der Waals surface area contributed by atoms with Crippen molar-refractivity contribution in [2.45, 2.75) is 19.4 Å². The number of nitrogen functional groups attached to an aromatic ring is 1. The minimum Gasteiger partial charge on any atom is -0.383 e. The maximum atomic E-state index is 11.7. The molecule has 0 aliphatic heterocycles. The Morgan fingerprint density at radius 2 is 2.25 bits per heavy atom. The van der Waals surface area contributed by atoms with Gasteiger partial charge < -0.3 is 16.8 Å².